The van der Waals surface area contributed by atoms with Gasteiger partial charge in [0.2, 0.25) is 0 Å². The van der Waals surface area contributed by atoms with Gasteiger partial charge in [0, 0.05) is 11.6 Å². The molecule has 0 aliphatic carbocycles. The van der Waals surface area contributed by atoms with E-state index in [9.17, 15) is 13.2 Å². The maximum Gasteiger partial charge on any atom is 0.390 e. The topological polar surface area (TPSA) is 35.2 Å². The van der Waals surface area contributed by atoms with Crippen LogP contribution in [0.5, 0.6) is 5.75 Å². The van der Waals surface area contributed by atoms with Crippen LogP contribution in [0.4, 0.5) is 13.2 Å². The summed E-state index contributed by atoms with van der Waals surface area (Å²) in [7, 11) is 1.40. The lowest BCUT2D eigenvalue weighted by atomic mass is 10.0. The summed E-state index contributed by atoms with van der Waals surface area (Å²) in [4.78, 5) is 0. The molecule has 16 heavy (non-hydrogen) atoms. The Morgan fingerprint density at radius 1 is 1.31 bits per heavy atom. The smallest absolute Gasteiger partial charge is 0.390 e. The summed E-state index contributed by atoms with van der Waals surface area (Å²) in [6.45, 7) is 0. The van der Waals surface area contributed by atoms with Gasteiger partial charge in [-0.25, -0.2) is 0 Å². The third-order valence-corrected chi connectivity index (χ3v) is 1.99. The molecule has 2 N–H and O–H groups in total. The fourth-order valence-corrected chi connectivity index (χ4v) is 1.33. The number of hydrogen-bond acceptors (Lipinski definition) is 2. The fraction of sp³-hybridized carbons (Fsp3) is 0.400. The Morgan fingerprint density at radius 2 is 1.88 bits per heavy atom. The van der Waals surface area contributed by atoms with E-state index in [-0.39, 0.29) is 12.4 Å². The van der Waals surface area contributed by atoms with E-state index < -0.39 is 18.6 Å². The molecule has 0 spiro atoms. The zero-order chi connectivity index (χ0) is 11.5. The summed E-state index contributed by atoms with van der Waals surface area (Å²) in [6, 6.07) is 5.36. The largest absolute Gasteiger partial charge is 0.496 e. The summed E-state index contributed by atoms with van der Waals surface area (Å²) in [6.07, 6.45) is -5.31. The molecule has 0 amide bonds. The van der Waals surface area contributed by atoms with E-state index in [1.54, 1.807) is 18.2 Å². The molecular weight excluding hydrogens is 243 g/mol. The quantitative estimate of drug-likeness (QED) is 0.901. The summed E-state index contributed by atoms with van der Waals surface area (Å²) in [5.74, 6) is 0.384. The second-order valence-corrected chi connectivity index (χ2v) is 3.17. The van der Waals surface area contributed by atoms with E-state index in [1.807, 2.05) is 0 Å². The lowest BCUT2D eigenvalue weighted by Gasteiger charge is -2.16. The van der Waals surface area contributed by atoms with Crippen molar-refractivity contribution in [2.45, 2.75) is 18.6 Å². The first-order valence-electron chi connectivity index (χ1n) is 4.39. The van der Waals surface area contributed by atoms with Crippen LogP contribution < -0.4 is 10.5 Å². The first-order valence-corrected chi connectivity index (χ1v) is 4.39. The maximum atomic E-state index is 12.1. The van der Waals surface area contributed by atoms with Crippen LogP contribution in [0.3, 0.4) is 0 Å². The van der Waals surface area contributed by atoms with Crippen molar-refractivity contribution in [2.75, 3.05) is 7.11 Å². The summed E-state index contributed by atoms with van der Waals surface area (Å²) < 4.78 is 41.3. The van der Waals surface area contributed by atoms with Crippen molar-refractivity contribution in [1.29, 1.82) is 0 Å². The minimum atomic E-state index is -4.26. The second-order valence-electron chi connectivity index (χ2n) is 3.17. The molecule has 0 unspecified atom stereocenters. The minimum absolute atomic E-state index is 0. The van der Waals surface area contributed by atoms with Crippen LogP contribution in [0.15, 0.2) is 24.3 Å². The van der Waals surface area contributed by atoms with Gasteiger partial charge >= 0.3 is 6.18 Å². The van der Waals surface area contributed by atoms with Crippen molar-refractivity contribution in [1.82, 2.24) is 0 Å². The van der Waals surface area contributed by atoms with Gasteiger partial charge in [-0.05, 0) is 6.07 Å². The number of alkyl halides is 3. The molecule has 1 aromatic rings. The molecule has 0 heterocycles. The van der Waals surface area contributed by atoms with Crippen LogP contribution in [0.2, 0.25) is 0 Å². The third kappa shape index (κ3) is 4.28. The molecule has 0 saturated carbocycles. The molecular formula is C10H13ClF3NO. The van der Waals surface area contributed by atoms with Gasteiger partial charge in [-0.15, -0.1) is 12.4 Å². The van der Waals surface area contributed by atoms with E-state index >= 15 is 0 Å². The standard InChI is InChI=1S/C10H12F3NO.ClH/c1-15-9-5-3-2-4-7(9)8(14)6-10(11,12)13;/h2-5,8H,6,14H2,1H3;1H/t8-;/m0./s1. The first kappa shape index (κ1) is 15.1. The maximum absolute atomic E-state index is 12.1. The van der Waals surface area contributed by atoms with Crippen molar-refractivity contribution < 1.29 is 17.9 Å². The molecule has 2 nitrogen and oxygen atoms in total. The number of halogens is 4. The Labute approximate surface area is 98.0 Å². The molecule has 0 aliphatic rings. The molecule has 0 bridgehead atoms. The van der Waals surface area contributed by atoms with Gasteiger partial charge in [0.1, 0.15) is 5.75 Å². The van der Waals surface area contributed by atoms with Crippen LogP contribution >= 0.6 is 12.4 Å². The highest BCUT2D eigenvalue weighted by Crippen LogP contribution is 2.31. The molecule has 0 aliphatic heterocycles. The zero-order valence-electron chi connectivity index (χ0n) is 8.62. The van der Waals surface area contributed by atoms with Crippen LogP contribution in [0.1, 0.15) is 18.0 Å². The Hall–Kier alpha value is -0.940. The molecule has 1 atom stereocenters. The molecule has 1 aromatic carbocycles. The summed E-state index contributed by atoms with van der Waals surface area (Å²) in [5.41, 5.74) is 5.83. The van der Waals surface area contributed by atoms with Gasteiger partial charge < -0.3 is 10.5 Å². The minimum Gasteiger partial charge on any atom is -0.496 e. The number of benzene rings is 1. The normalized spacial score (nSPS) is 12.8. The number of para-hydroxylation sites is 1. The summed E-state index contributed by atoms with van der Waals surface area (Å²) >= 11 is 0. The Bertz CT molecular complexity index is 330. The number of nitrogens with two attached hydrogens (primary N) is 1. The van der Waals surface area contributed by atoms with E-state index in [1.165, 1.54) is 13.2 Å². The first-order chi connectivity index (χ1) is 6.94. The molecule has 0 radical (unpaired) electrons. The Balaban J connectivity index is 0.00000225. The van der Waals surface area contributed by atoms with Gasteiger partial charge in [-0.3, -0.25) is 0 Å². The second kappa shape index (κ2) is 5.96. The monoisotopic (exact) mass is 255 g/mol. The molecule has 92 valence electrons. The highest BCUT2D eigenvalue weighted by molar-refractivity contribution is 5.85. The van der Waals surface area contributed by atoms with E-state index in [0.29, 0.717) is 11.3 Å². The van der Waals surface area contributed by atoms with Crippen molar-refractivity contribution in [3.63, 3.8) is 0 Å². The van der Waals surface area contributed by atoms with Crippen LogP contribution in [0, 0.1) is 0 Å². The number of methoxy groups -OCH3 is 1. The lowest BCUT2D eigenvalue weighted by molar-refractivity contribution is -0.138. The van der Waals surface area contributed by atoms with Gasteiger partial charge in [-0.1, -0.05) is 18.2 Å². The number of hydrogen-bond donors (Lipinski definition) is 1. The van der Waals surface area contributed by atoms with E-state index in [4.69, 9.17) is 10.5 Å². The fourth-order valence-electron chi connectivity index (χ4n) is 1.33. The average molecular weight is 256 g/mol. The zero-order valence-corrected chi connectivity index (χ0v) is 9.44. The van der Waals surface area contributed by atoms with E-state index in [0.717, 1.165) is 0 Å². The van der Waals surface area contributed by atoms with Crippen LogP contribution in [-0.2, 0) is 0 Å². The molecule has 0 saturated heterocycles. The SMILES string of the molecule is COc1ccccc1[C@@H](N)CC(F)(F)F.Cl. The van der Waals surface area contributed by atoms with Crippen LogP contribution in [-0.4, -0.2) is 13.3 Å². The molecule has 6 heteroatoms. The lowest BCUT2D eigenvalue weighted by Crippen LogP contribution is -2.20. The Morgan fingerprint density at radius 3 is 2.38 bits per heavy atom. The number of ether oxygens (including phenoxy) is 1. The predicted octanol–water partition coefficient (Wildman–Crippen LogP) is 3.07. The average Bonchev–Trinajstić information content (AvgIpc) is 2.15. The Kier molecular flexibility index (Phi) is 5.61. The molecule has 0 aromatic heterocycles. The van der Waals surface area contributed by atoms with E-state index in [2.05, 4.69) is 0 Å². The molecule has 0 fully saturated rings. The predicted molar refractivity (Wildman–Crippen MR) is 57.8 cm³/mol. The van der Waals surface area contributed by atoms with Crippen molar-refractivity contribution >= 4 is 12.4 Å². The molecule has 1 rings (SSSR count). The highest BCUT2D eigenvalue weighted by atomic mass is 35.5. The van der Waals surface area contributed by atoms with Gasteiger partial charge in [0.15, 0.2) is 0 Å². The van der Waals surface area contributed by atoms with Crippen molar-refractivity contribution in [2.24, 2.45) is 5.73 Å². The van der Waals surface area contributed by atoms with Gasteiger partial charge in [-0.2, -0.15) is 13.2 Å². The van der Waals surface area contributed by atoms with Gasteiger partial charge in [0.05, 0.1) is 13.5 Å². The highest BCUT2D eigenvalue weighted by Gasteiger charge is 2.31. The van der Waals surface area contributed by atoms with Crippen molar-refractivity contribution in [3.05, 3.63) is 29.8 Å². The summed E-state index contributed by atoms with van der Waals surface area (Å²) in [5, 5.41) is 0. The third-order valence-electron chi connectivity index (χ3n) is 1.99. The number of rotatable bonds is 3. The van der Waals surface area contributed by atoms with Gasteiger partial charge in [0.25, 0.3) is 0 Å². The van der Waals surface area contributed by atoms with Crippen LogP contribution in [0.25, 0.3) is 0 Å². The van der Waals surface area contributed by atoms with Crippen molar-refractivity contribution in [3.8, 4) is 5.75 Å².